The van der Waals surface area contributed by atoms with Crippen LogP contribution < -0.4 is 10.1 Å². The second-order valence-corrected chi connectivity index (χ2v) is 7.60. The maximum Gasteiger partial charge on any atom is 0.256 e. The molecule has 156 valence electrons. The highest BCUT2D eigenvalue weighted by Crippen LogP contribution is 2.30. The van der Waals surface area contributed by atoms with Gasteiger partial charge in [0.05, 0.1) is 18.4 Å². The first-order valence-electron chi connectivity index (χ1n) is 9.92. The van der Waals surface area contributed by atoms with Crippen LogP contribution in [0.25, 0.3) is 22.8 Å². The highest BCUT2D eigenvalue weighted by molar-refractivity contribution is 7.98. The van der Waals surface area contributed by atoms with Gasteiger partial charge in [-0.1, -0.05) is 18.2 Å². The number of oxazole rings is 1. The Morgan fingerprint density at radius 1 is 1.06 bits per heavy atom. The lowest BCUT2D eigenvalue weighted by molar-refractivity contribution is 0.102. The third-order valence-corrected chi connectivity index (χ3v) is 5.41. The van der Waals surface area contributed by atoms with Gasteiger partial charge in [-0.15, -0.1) is 11.8 Å². The second kappa shape index (κ2) is 9.53. The molecule has 0 aliphatic carbocycles. The lowest BCUT2D eigenvalue weighted by Crippen LogP contribution is -2.13. The van der Waals surface area contributed by atoms with Crippen molar-refractivity contribution in [2.45, 2.75) is 11.8 Å². The Bertz CT molecular complexity index is 1190. The molecule has 1 amide bonds. The van der Waals surface area contributed by atoms with E-state index in [0.717, 1.165) is 21.9 Å². The van der Waals surface area contributed by atoms with Gasteiger partial charge in [-0.3, -0.25) is 4.79 Å². The number of nitrogens with zero attached hydrogens (tertiary/aromatic N) is 1. The molecule has 0 saturated carbocycles. The van der Waals surface area contributed by atoms with Gasteiger partial charge in [0.2, 0.25) is 5.89 Å². The molecular weight excluding hydrogens is 408 g/mol. The standard InChI is InChI=1S/C25H22N2O3S/c1-3-29-19-13-11-17(12-14-19)23-16-26-25(30-23)22-10-5-4-9-21(22)24(28)27-18-7-6-8-20(15-18)31-2/h4-16H,3H2,1-2H3,(H,27,28). The van der Waals surface area contributed by atoms with Gasteiger partial charge in [0.15, 0.2) is 5.76 Å². The Hall–Kier alpha value is -3.51. The number of aromatic nitrogens is 1. The van der Waals surface area contributed by atoms with Gasteiger partial charge in [-0.05, 0) is 67.8 Å². The van der Waals surface area contributed by atoms with Crippen molar-refractivity contribution in [2.75, 3.05) is 18.2 Å². The SMILES string of the molecule is CCOc1ccc(-c2cnc(-c3ccccc3C(=O)Nc3cccc(SC)c3)o2)cc1. The quantitative estimate of drug-likeness (QED) is 0.345. The van der Waals surface area contributed by atoms with Crippen molar-refractivity contribution in [2.24, 2.45) is 0 Å². The molecule has 4 aromatic rings. The Morgan fingerprint density at radius 3 is 2.65 bits per heavy atom. The first-order chi connectivity index (χ1) is 15.2. The molecule has 1 heterocycles. The van der Waals surface area contributed by atoms with Crippen LogP contribution in [-0.4, -0.2) is 23.8 Å². The molecule has 0 radical (unpaired) electrons. The van der Waals surface area contributed by atoms with Gasteiger partial charge in [0.1, 0.15) is 5.75 Å². The number of carbonyl (C=O) groups is 1. The zero-order chi connectivity index (χ0) is 21.6. The van der Waals surface area contributed by atoms with Crippen LogP contribution in [0, 0.1) is 0 Å². The highest BCUT2D eigenvalue weighted by atomic mass is 32.2. The van der Waals surface area contributed by atoms with E-state index in [0.29, 0.717) is 29.4 Å². The molecule has 0 aliphatic rings. The maximum absolute atomic E-state index is 13.0. The number of anilines is 1. The molecule has 5 nitrogen and oxygen atoms in total. The minimum Gasteiger partial charge on any atom is -0.494 e. The Morgan fingerprint density at radius 2 is 1.87 bits per heavy atom. The van der Waals surface area contributed by atoms with E-state index in [4.69, 9.17) is 9.15 Å². The number of amides is 1. The normalized spacial score (nSPS) is 10.6. The Balaban J connectivity index is 1.59. The van der Waals surface area contributed by atoms with E-state index >= 15 is 0 Å². The van der Waals surface area contributed by atoms with Crippen LogP contribution in [0.4, 0.5) is 5.69 Å². The summed E-state index contributed by atoms with van der Waals surface area (Å²) < 4.78 is 11.5. The number of ether oxygens (including phenoxy) is 1. The van der Waals surface area contributed by atoms with E-state index in [1.807, 2.05) is 79.9 Å². The van der Waals surface area contributed by atoms with Gasteiger partial charge in [-0.25, -0.2) is 4.98 Å². The number of thioether (sulfide) groups is 1. The summed E-state index contributed by atoms with van der Waals surface area (Å²) in [6.07, 6.45) is 3.67. The zero-order valence-electron chi connectivity index (χ0n) is 17.3. The average molecular weight is 431 g/mol. The summed E-state index contributed by atoms with van der Waals surface area (Å²) in [6, 6.07) is 22.7. The Kier molecular flexibility index (Phi) is 6.38. The van der Waals surface area contributed by atoms with Crippen molar-refractivity contribution in [1.29, 1.82) is 0 Å². The molecule has 0 aliphatic heterocycles. The number of hydrogen-bond acceptors (Lipinski definition) is 5. The average Bonchev–Trinajstić information content (AvgIpc) is 3.30. The smallest absolute Gasteiger partial charge is 0.256 e. The lowest BCUT2D eigenvalue weighted by atomic mass is 10.1. The predicted octanol–water partition coefficient (Wildman–Crippen LogP) is 6.38. The van der Waals surface area contributed by atoms with Crippen molar-refractivity contribution in [3.05, 3.63) is 84.6 Å². The van der Waals surface area contributed by atoms with Crippen LogP contribution in [0.5, 0.6) is 5.75 Å². The van der Waals surface area contributed by atoms with E-state index in [1.165, 1.54) is 0 Å². The van der Waals surface area contributed by atoms with Gasteiger partial charge < -0.3 is 14.5 Å². The van der Waals surface area contributed by atoms with E-state index in [2.05, 4.69) is 10.3 Å². The number of carbonyl (C=O) groups excluding carboxylic acids is 1. The van der Waals surface area contributed by atoms with Crippen LogP contribution in [0.15, 0.2) is 88.3 Å². The zero-order valence-corrected chi connectivity index (χ0v) is 18.1. The van der Waals surface area contributed by atoms with Crippen molar-refractivity contribution in [3.8, 4) is 28.5 Å². The minimum atomic E-state index is -0.213. The molecule has 31 heavy (non-hydrogen) atoms. The predicted molar refractivity (Wildman–Crippen MR) is 125 cm³/mol. The molecule has 0 fully saturated rings. The minimum absolute atomic E-state index is 0.213. The largest absolute Gasteiger partial charge is 0.494 e. The van der Waals surface area contributed by atoms with Crippen LogP contribution in [-0.2, 0) is 0 Å². The first kappa shape index (κ1) is 20.8. The van der Waals surface area contributed by atoms with E-state index in [1.54, 1.807) is 24.0 Å². The summed E-state index contributed by atoms with van der Waals surface area (Å²) in [5, 5.41) is 2.96. The molecule has 3 aromatic carbocycles. The summed E-state index contributed by atoms with van der Waals surface area (Å²) in [5.74, 6) is 1.61. The van der Waals surface area contributed by atoms with Crippen LogP contribution >= 0.6 is 11.8 Å². The molecular formula is C25H22N2O3S. The molecule has 1 N–H and O–H groups in total. The molecule has 0 spiro atoms. The molecule has 0 saturated heterocycles. The number of rotatable bonds is 7. The fourth-order valence-corrected chi connectivity index (χ4v) is 3.64. The third kappa shape index (κ3) is 4.81. The van der Waals surface area contributed by atoms with Crippen LogP contribution in [0.2, 0.25) is 0 Å². The monoisotopic (exact) mass is 430 g/mol. The fraction of sp³-hybridized carbons (Fsp3) is 0.120. The van der Waals surface area contributed by atoms with Crippen molar-refractivity contribution >= 4 is 23.4 Å². The number of benzene rings is 3. The van der Waals surface area contributed by atoms with E-state index < -0.39 is 0 Å². The van der Waals surface area contributed by atoms with Crippen molar-refractivity contribution in [3.63, 3.8) is 0 Å². The number of hydrogen-bond donors (Lipinski definition) is 1. The summed E-state index contributed by atoms with van der Waals surface area (Å²) in [7, 11) is 0. The summed E-state index contributed by atoms with van der Waals surface area (Å²) in [5.41, 5.74) is 2.77. The first-order valence-corrected chi connectivity index (χ1v) is 11.1. The second-order valence-electron chi connectivity index (χ2n) is 6.72. The summed E-state index contributed by atoms with van der Waals surface area (Å²) in [6.45, 7) is 2.57. The van der Waals surface area contributed by atoms with Gasteiger partial charge in [-0.2, -0.15) is 0 Å². The Labute approximate surface area is 185 Å². The van der Waals surface area contributed by atoms with Crippen LogP contribution in [0.3, 0.4) is 0 Å². The maximum atomic E-state index is 13.0. The number of nitrogens with one attached hydrogen (secondary N) is 1. The van der Waals surface area contributed by atoms with Crippen LogP contribution in [0.1, 0.15) is 17.3 Å². The summed E-state index contributed by atoms with van der Waals surface area (Å²) in [4.78, 5) is 18.5. The highest BCUT2D eigenvalue weighted by Gasteiger charge is 2.17. The van der Waals surface area contributed by atoms with E-state index in [-0.39, 0.29) is 5.91 Å². The van der Waals surface area contributed by atoms with Gasteiger partial charge in [0, 0.05) is 21.7 Å². The van der Waals surface area contributed by atoms with Crippen molar-refractivity contribution in [1.82, 2.24) is 4.98 Å². The fourth-order valence-electron chi connectivity index (χ4n) is 3.18. The molecule has 0 bridgehead atoms. The van der Waals surface area contributed by atoms with Crippen molar-refractivity contribution < 1.29 is 13.9 Å². The molecule has 1 aromatic heterocycles. The molecule has 0 atom stereocenters. The summed E-state index contributed by atoms with van der Waals surface area (Å²) >= 11 is 1.63. The molecule has 4 rings (SSSR count). The molecule has 6 heteroatoms. The lowest BCUT2D eigenvalue weighted by Gasteiger charge is -2.09. The van der Waals surface area contributed by atoms with Gasteiger partial charge >= 0.3 is 0 Å². The third-order valence-electron chi connectivity index (χ3n) is 4.69. The van der Waals surface area contributed by atoms with Gasteiger partial charge in [0.25, 0.3) is 5.91 Å². The topological polar surface area (TPSA) is 64.4 Å². The molecule has 0 unspecified atom stereocenters. The van der Waals surface area contributed by atoms with E-state index in [9.17, 15) is 4.79 Å².